The van der Waals surface area contributed by atoms with Crippen molar-refractivity contribution in [3.63, 3.8) is 0 Å². The Hall–Kier alpha value is -2.79. The minimum Gasteiger partial charge on any atom is -0.385 e. The Bertz CT molecular complexity index is 1010. The fourth-order valence-corrected chi connectivity index (χ4v) is 6.58. The molecule has 0 aromatic heterocycles. The van der Waals surface area contributed by atoms with Gasteiger partial charge in [0.25, 0.3) is 0 Å². The van der Waals surface area contributed by atoms with E-state index in [0.29, 0.717) is 25.6 Å². The molecule has 0 aliphatic carbocycles. The van der Waals surface area contributed by atoms with Gasteiger partial charge < -0.3 is 25.3 Å². The summed E-state index contributed by atoms with van der Waals surface area (Å²) in [5, 5.41) is 23.6. The first-order valence-corrected chi connectivity index (χ1v) is 14.0. The molecule has 200 valence electrons. The van der Waals surface area contributed by atoms with Crippen LogP contribution in [-0.4, -0.2) is 96.5 Å². The van der Waals surface area contributed by atoms with Crippen LogP contribution in [0, 0.1) is 28.6 Å². The molecule has 1 aromatic carbocycles. The Kier molecular flexibility index (Phi) is 11.1. The van der Waals surface area contributed by atoms with E-state index in [-0.39, 0.29) is 29.5 Å². The molecule has 3 rings (SSSR count). The highest BCUT2D eigenvalue weighted by atomic mass is 32.2. The van der Waals surface area contributed by atoms with Crippen LogP contribution in [0.25, 0.3) is 0 Å². The van der Waals surface area contributed by atoms with Crippen molar-refractivity contribution >= 4 is 29.3 Å². The van der Waals surface area contributed by atoms with Gasteiger partial charge in [-0.2, -0.15) is 10.5 Å². The molecule has 0 spiro atoms. The summed E-state index contributed by atoms with van der Waals surface area (Å²) in [4.78, 5) is 31.8. The summed E-state index contributed by atoms with van der Waals surface area (Å²) in [5.41, 5.74) is 2.35. The number of nitrogens with one attached hydrogen (secondary N) is 2. The van der Waals surface area contributed by atoms with Gasteiger partial charge in [0.2, 0.25) is 11.8 Å². The normalized spacial score (nSPS) is 22.6. The maximum Gasteiger partial charge on any atom is 0.238 e. The highest BCUT2D eigenvalue weighted by molar-refractivity contribution is 8.01. The molecular formula is C27H39N7O2S. The molecule has 2 heterocycles. The number of nitriles is 2. The molecule has 2 aliphatic rings. The molecule has 9 nitrogen and oxygen atoms in total. The Morgan fingerprint density at radius 2 is 2.16 bits per heavy atom. The summed E-state index contributed by atoms with van der Waals surface area (Å²) < 4.78 is 0. The predicted molar refractivity (Wildman–Crippen MR) is 147 cm³/mol. The third-order valence-electron chi connectivity index (χ3n) is 7.23. The summed E-state index contributed by atoms with van der Waals surface area (Å²) >= 11 is 1.53. The zero-order chi connectivity index (χ0) is 26.8. The van der Waals surface area contributed by atoms with E-state index in [0.717, 1.165) is 25.2 Å². The van der Waals surface area contributed by atoms with Crippen LogP contribution in [0.3, 0.4) is 0 Å². The number of carbonyl (C=O) groups is 2. The fourth-order valence-electron chi connectivity index (χ4n) is 5.00. The number of anilines is 1. The van der Waals surface area contributed by atoms with Crippen LogP contribution in [0.5, 0.6) is 0 Å². The molecule has 2 amide bonds. The lowest BCUT2D eigenvalue weighted by molar-refractivity contribution is -0.131. The van der Waals surface area contributed by atoms with E-state index in [2.05, 4.69) is 58.8 Å². The van der Waals surface area contributed by atoms with Gasteiger partial charge >= 0.3 is 0 Å². The van der Waals surface area contributed by atoms with Crippen molar-refractivity contribution in [3.05, 3.63) is 29.8 Å². The number of amides is 2. The molecule has 10 heteroatoms. The third kappa shape index (κ3) is 8.10. The van der Waals surface area contributed by atoms with Crippen molar-refractivity contribution in [2.45, 2.75) is 49.3 Å². The summed E-state index contributed by atoms with van der Waals surface area (Å²) in [7, 11) is 4.40. The first-order chi connectivity index (χ1) is 17.9. The Morgan fingerprint density at radius 1 is 1.35 bits per heavy atom. The van der Waals surface area contributed by atoms with Gasteiger partial charge in [-0.15, -0.1) is 11.8 Å². The first-order valence-electron chi connectivity index (χ1n) is 13.1. The van der Waals surface area contributed by atoms with Gasteiger partial charge in [0, 0.05) is 44.3 Å². The maximum absolute atomic E-state index is 13.0. The van der Waals surface area contributed by atoms with Crippen LogP contribution in [0.1, 0.15) is 31.7 Å². The molecule has 2 N–H and O–H groups in total. The standard InChI is InChI=1S/C27H39N7O2S/c1-4-34-25(17-21(18-29)26(35)31-13-11-28)37-24(27(34)36)8-12-30-22-7-5-6-20(16-22)9-15-33(3)23-10-14-32(2)19-23/h5-7,16,21,23-25,30H,4,8-10,12-15,17,19H2,1-3H3,(H,31,35). The zero-order valence-corrected chi connectivity index (χ0v) is 23.0. The third-order valence-corrected chi connectivity index (χ3v) is 8.75. The quantitative estimate of drug-likeness (QED) is 0.377. The number of rotatable bonds is 13. The number of hydrogen-bond donors (Lipinski definition) is 2. The monoisotopic (exact) mass is 525 g/mol. The van der Waals surface area contributed by atoms with E-state index in [4.69, 9.17) is 5.26 Å². The van der Waals surface area contributed by atoms with Crippen molar-refractivity contribution < 1.29 is 9.59 Å². The van der Waals surface area contributed by atoms with E-state index < -0.39 is 11.8 Å². The van der Waals surface area contributed by atoms with E-state index >= 15 is 0 Å². The van der Waals surface area contributed by atoms with Crippen LogP contribution < -0.4 is 10.6 Å². The first kappa shape index (κ1) is 28.8. The highest BCUT2D eigenvalue weighted by Crippen LogP contribution is 2.37. The lowest BCUT2D eigenvalue weighted by Crippen LogP contribution is -2.38. The van der Waals surface area contributed by atoms with Crippen molar-refractivity contribution in [1.82, 2.24) is 20.0 Å². The number of likely N-dealkylation sites (tertiary alicyclic amines) is 1. The summed E-state index contributed by atoms with van der Waals surface area (Å²) in [6.45, 7) is 6.32. The molecule has 0 bridgehead atoms. The van der Waals surface area contributed by atoms with Crippen molar-refractivity contribution in [2.75, 3.05) is 58.7 Å². The average molecular weight is 526 g/mol. The number of hydrogen-bond acceptors (Lipinski definition) is 8. The molecule has 37 heavy (non-hydrogen) atoms. The fraction of sp³-hybridized carbons (Fsp3) is 0.630. The predicted octanol–water partition coefficient (Wildman–Crippen LogP) is 2.13. The Balaban J connectivity index is 1.47. The molecule has 0 radical (unpaired) electrons. The maximum atomic E-state index is 13.0. The topological polar surface area (TPSA) is 116 Å². The van der Waals surface area contributed by atoms with Crippen molar-refractivity contribution in [3.8, 4) is 12.1 Å². The molecule has 0 saturated carbocycles. The Labute approximate surface area is 225 Å². The molecule has 4 unspecified atom stereocenters. The van der Waals surface area contributed by atoms with Gasteiger partial charge in [-0.1, -0.05) is 12.1 Å². The molecule has 2 saturated heterocycles. The number of thioether (sulfide) groups is 1. The molecule has 4 atom stereocenters. The second kappa shape index (κ2) is 14.2. The van der Waals surface area contributed by atoms with Gasteiger partial charge in [-0.3, -0.25) is 9.59 Å². The van der Waals surface area contributed by atoms with E-state index in [1.54, 1.807) is 4.90 Å². The van der Waals surface area contributed by atoms with Gasteiger partial charge in [-0.25, -0.2) is 0 Å². The van der Waals surface area contributed by atoms with Crippen LogP contribution in [0.15, 0.2) is 24.3 Å². The summed E-state index contributed by atoms with van der Waals surface area (Å²) in [6.07, 6.45) is 3.15. The van der Waals surface area contributed by atoms with Gasteiger partial charge in [0.1, 0.15) is 12.5 Å². The summed E-state index contributed by atoms with van der Waals surface area (Å²) in [5.74, 6) is -1.29. The number of likely N-dealkylation sites (N-methyl/N-ethyl adjacent to an activating group) is 2. The number of carbonyl (C=O) groups excluding carboxylic acids is 2. The second-order valence-corrected chi connectivity index (χ2v) is 11.2. The van der Waals surface area contributed by atoms with Gasteiger partial charge in [0.15, 0.2) is 0 Å². The van der Waals surface area contributed by atoms with Gasteiger partial charge in [-0.05, 0) is 64.5 Å². The zero-order valence-electron chi connectivity index (χ0n) is 22.2. The molecular weight excluding hydrogens is 486 g/mol. The molecule has 2 aliphatic heterocycles. The highest BCUT2D eigenvalue weighted by Gasteiger charge is 2.40. The van der Waals surface area contributed by atoms with E-state index in [9.17, 15) is 14.9 Å². The van der Waals surface area contributed by atoms with Crippen LogP contribution >= 0.6 is 11.8 Å². The van der Waals surface area contributed by atoms with Crippen LogP contribution in [0.2, 0.25) is 0 Å². The lowest BCUT2D eigenvalue weighted by atomic mass is 10.1. The van der Waals surface area contributed by atoms with Gasteiger partial charge in [0.05, 0.1) is 22.8 Å². The average Bonchev–Trinajstić information content (AvgIpc) is 3.47. The second-order valence-electron chi connectivity index (χ2n) is 9.85. The SMILES string of the molecule is CCN1C(=O)C(CCNc2cccc(CCN(C)C3CCN(C)C3)c2)SC1CC(C#N)C(=O)NCC#N. The number of benzene rings is 1. The van der Waals surface area contributed by atoms with Crippen molar-refractivity contribution in [2.24, 2.45) is 5.92 Å². The molecule has 2 fully saturated rings. The minimum absolute atomic E-state index is 0.0581. The van der Waals surface area contributed by atoms with Crippen LogP contribution in [0.4, 0.5) is 5.69 Å². The van der Waals surface area contributed by atoms with E-state index in [1.807, 2.05) is 19.1 Å². The summed E-state index contributed by atoms with van der Waals surface area (Å²) in [6, 6.07) is 13.0. The smallest absolute Gasteiger partial charge is 0.238 e. The Morgan fingerprint density at radius 3 is 2.84 bits per heavy atom. The van der Waals surface area contributed by atoms with Crippen molar-refractivity contribution in [1.29, 1.82) is 10.5 Å². The lowest BCUT2D eigenvalue weighted by Gasteiger charge is -2.24. The minimum atomic E-state index is -0.888. The van der Waals surface area contributed by atoms with E-state index in [1.165, 1.54) is 30.3 Å². The number of nitrogens with zero attached hydrogens (tertiary/aromatic N) is 5. The van der Waals surface area contributed by atoms with Crippen LogP contribution in [-0.2, 0) is 16.0 Å². The largest absolute Gasteiger partial charge is 0.385 e. The molecule has 1 aromatic rings.